The summed E-state index contributed by atoms with van der Waals surface area (Å²) in [5.74, 6) is 1.53. The van der Waals surface area contributed by atoms with Gasteiger partial charge in [-0.3, -0.25) is 0 Å². The Kier molecular flexibility index (Phi) is 3.42. The Morgan fingerprint density at radius 3 is 2.64 bits per heavy atom. The second-order valence-corrected chi connectivity index (χ2v) is 5.03. The lowest BCUT2D eigenvalue weighted by molar-refractivity contribution is 0.206. The molecule has 1 saturated carbocycles. The van der Waals surface area contributed by atoms with E-state index in [0.29, 0.717) is 5.92 Å². The smallest absolute Gasteiger partial charge is 0.00934 e. The highest BCUT2D eigenvalue weighted by Gasteiger charge is 2.29. The highest BCUT2D eigenvalue weighted by Crippen LogP contribution is 2.27. The van der Waals surface area contributed by atoms with Gasteiger partial charge < -0.3 is 16.0 Å². The van der Waals surface area contributed by atoms with Gasteiger partial charge in [0.25, 0.3) is 0 Å². The molecule has 2 unspecified atom stereocenters. The molecule has 1 saturated heterocycles. The highest BCUT2D eigenvalue weighted by molar-refractivity contribution is 4.85. The maximum atomic E-state index is 5.71. The lowest BCUT2D eigenvalue weighted by Gasteiger charge is -2.32. The van der Waals surface area contributed by atoms with Gasteiger partial charge in [0.1, 0.15) is 0 Å². The molecule has 0 aromatic carbocycles. The van der Waals surface area contributed by atoms with Crippen molar-refractivity contribution in [3.05, 3.63) is 0 Å². The summed E-state index contributed by atoms with van der Waals surface area (Å²) in [5, 5.41) is 3.49. The SMILES string of the molecule is CN(CC1CNCC(CN)C1)C1CC1. The third-order valence-electron chi connectivity index (χ3n) is 3.58. The fourth-order valence-corrected chi connectivity index (χ4v) is 2.52. The second-order valence-electron chi connectivity index (χ2n) is 5.03. The standard InChI is InChI=1S/C11H23N3/c1-14(11-2-3-11)8-10-4-9(5-12)6-13-7-10/h9-11,13H,2-8,12H2,1H3. The van der Waals surface area contributed by atoms with E-state index in [1.54, 1.807) is 0 Å². The summed E-state index contributed by atoms with van der Waals surface area (Å²) < 4.78 is 0. The lowest BCUT2D eigenvalue weighted by atomic mass is 9.90. The third kappa shape index (κ3) is 2.69. The predicted octanol–water partition coefficient (Wildman–Crippen LogP) is 0.265. The van der Waals surface area contributed by atoms with E-state index in [1.165, 1.54) is 32.4 Å². The van der Waals surface area contributed by atoms with Gasteiger partial charge in [-0.05, 0) is 57.8 Å². The van der Waals surface area contributed by atoms with Gasteiger partial charge in [-0.25, -0.2) is 0 Å². The largest absolute Gasteiger partial charge is 0.330 e. The van der Waals surface area contributed by atoms with Crippen LogP contribution in [0.3, 0.4) is 0 Å². The van der Waals surface area contributed by atoms with Crippen LogP contribution in [0.1, 0.15) is 19.3 Å². The maximum absolute atomic E-state index is 5.71. The second kappa shape index (κ2) is 4.60. The van der Waals surface area contributed by atoms with Crippen LogP contribution < -0.4 is 11.1 Å². The van der Waals surface area contributed by atoms with Crippen LogP contribution in [0, 0.1) is 11.8 Å². The Balaban J connectivity index is 1.73. The molecule has 2 rings (SSSR count). The molecule has 0 aromatic heterocycles. The average molecular weight is 197 g/mol. The van der Waals surface area contributed by atoms with Crippen LogP contribution >= 0.6 is 0 Å². The first-order valence-corrected chi connectivity index (χ1v) is 5.90. The molecule has 1 heterocycles. The minimum Gasteiger partial charge on any atom is -0.330 e. The van der Waals surface area contributed by atoms with Crippen molar-refractivity contribution >= 4 is 0 Å². The topological polar surface area (TPSA) is 41.3 Å². The van der Waals surface area contributed by atoms with Crippen molar-refractivity contribution in [2.75, 3.05) is 33.2 Å². The fraction of sp³-hybridized carbons (Fsp3) is 1.00. The molecular weight excluding hydrogens is 174 g/mol. The molecule has 0 spiro atoms. The Bertz CT molecular complexity index is 179. The molecule has 0 bridgehead atoms. The Labute approximate surface area is 87.0 Å². The zero-order valence-electron chi connectivity index (χ0n) is 9.21. The summed E-state index contributed by atoms with van der Waals surface area (Å²) in [6.07, 6.45) is 4.15. The van der Waals surface area contributed by atoms with Crippen LogP contribution in [-0.2, 0) is 0 Å². The monoisotopic (exact) mass is 197 g/mol. The van der Waals surface area contributed by atoms with Crippen molar-refractivity contribution in [1.29, 1.82) is 0 Å². The molecule has 3 N–H and O–H groups in total. The molecule has 3 heteroatoms. The van der Waals surface area contributed by atoms with Gasteiger partial charge in [-0.2, -0.15) is 0 Å². The molecule has 2 atom stereocenters. The van der Waals surface area contributed by atoms with Gasteiger partial charge in [0.15, 0.2) is 0 Å². The fourth-order valence-electron chi connectivity index (χ4n) is 2.52. The number of piperidine rings is 1. The van der Waals surface area contributed by atoms with E-state index in [9.17, 15) is 0 Å². The van der Waals surface area contributed by atoms with Gasteiger partial charge in [0, 0.05) is 12.6 Å². The van der Waals surface area contributed by atoms with Crippen molar-refractivity contribution in [2.24, 2.45) is 17.6 Å². The van der Waals surface area contributed by atoms with Crippen LogP contribution in [0.5, 0.6) is 0 Å². The van der Waals surface area contributed by atoms with Gasteiger partial charge in [-0.15, -0.1) is 0 Å². The summed E-state index contributed by atoms with van der Waals surface area (Å²) in [6, 6.07) is 0.897. The molecule has 0 radical (unpaired) electrons. The Morgan fingerprint density at radius 2 is 2.00 bits per heavy atom. The molecule has 1 aliphatic carbocycles. The lowest BCUT2D eigenvalue weighted by Crippen LogP contribution is -2.43. The zero-order valence-corrected chi connectivity index (χ0v) is 9.21. The molecule has 0 aromatic rings. The van der Waals surface area contributed by atoms with E-state index in [4.69, 9.17) is 5.73 Å². The number of hydrogen-bond acceptors (Lipinski definition) is 3. The van der Waals surface area contributed by atoms with Gasteiger partial charge in [0.05, 0.1) is 0 Å². The average Bonchev–Trinajstić information content (AvgIpc) is 3.01. The van der Waals surface area contributed by atoms with E-state index >= 15 is 0 Å². The van der Waals surface area contributed by atoms with E-state index in [2.05, 4.69) is 17.3 Å². The summed E-state index contributed by atoms with van der Waals surface area (Å²) in [6.45, 7) is 4.42. The minimum absolute atomic E-state index is 0.710. The van der Waals surface area contributed by atoms with Crippen LogP contribution in [0.25, 0.3) is 0 Å². The van der Waals surface area contributed by atoms with E-state index in [0.717, 1.165) is 25.0 Å². The van der Waals surface area contributed by atoms with Crippen LogP contribution in [0.15, 0.2) is 0 Å². The van der Waals surface area contributed by atoms with E-state index in [-0.39, 0.29) is 0 Å². The molecule has 82 valence electrons. The van der Waals surface area contributed by atoms with Crippen molar-refractivity contribution in [1.82, 2.24) is 10.2 Å². The third-order valence-corrected chi connectivity index (χ3v) is 3.58. The number of hydrogen-bond donors (Lipinski definition) is 2. The zero-order chi connectivity index (χ0) is 9.97. The Hall–Kier alpha value is -0.120. The summed E-state index contributed by atoms with van der Waals surface area (Å²) in [4.78, 5) is 2.53. The van der Waals surface area contributed by atoms with Crippen molar-refractivity contribution < 1.29 is 0 Å². The summed E-state index contributed by atoms with van der Waals surface area (Å²) >= 11 is 0. The number of nitrogens with zero attached hydrogens (tertiary/aromatic N) is 1. The quantitative estimate of drug-likeness (QED) is 0.679. The van der Waals surface area contributed by atoms with Gasteiger partial charge >= 0.3 is 0 Å². The molecule has 1 aliphatic heterocycles. The first kappa shape index (κ1) is 10.4. The van der Waals surface area contributed by atoms with Crippen LogP contribution in [0.4, 0.5) is 0 Å². The minimum atomic E-state index is 0.710. The Morgan fingerprint density at radius 1 is 1.29 bits per heavy atom. The molecule has 14 heavy (non-hydrogen) atoms. The van der Waals surface area contributed by atoms with Crippen LogP contribution in [0.2, 0.25) is 0 Å². The first-order valence-electron chi connectivity index (χ1n) is 5.90. The summed E-state index contributed by atoms with van der Waals surface area (Å²) in [7, 11) is 2.27. The van der Waals surface area contributed by atoms with Crippen LogP contribution in [-0.4, -0.2) is 44.2 Å². The van der Waals surface area contributed by atoms with E-state index in [1.807, 2.05) is 0 Å². The summed E-state index contributed by atoms with van der Waals surface area (Å²) in [5.41, 5.74) is 5.71. The van der Waals surface area contributed by atoms with E-state index < -0.39 is 0 Å². The van der Waals surface area contributed by atoms with Crippen molar-refractivity contribution in [2.45, 2.75) is 25.3 Å². The predicted molar refractivity (Wildman–Crippen MR) is 59.2 cm³/mol. The van der Waals surface area contributed by atoms with Crippen molar-refractivity contribution in [3.63, 3.8) is 0 Å². The maximum Gasteiger partial charge on any atom is 0.00934 e. The number of rotatable bonds is 4. The van der Waals surface area contributed by atoms with Gasteiger partial charge in [0.2, 0.25) is 0 Å². The molecule has 3 nitrogen and oxygen atoms in total. The normalized spacial score (nSPS) is 33.6. The first-order chi connectivity index (χ1) is 6.79. The van der Waals surface area contributed by atoms with Crippen molar-refractivity contribution in [3.8, 4) is 0 Å². The molecule has 2 fully saturated rings. The van der Waals surface area contributed by atoms with Gasteiger partial charge in [-0.1, -0.05) is 0 Å². The molecule has 0 amide bonds. The molecular formula is C11H23N3. The number of nitrogens with two attached hydrogens (primary N) is 1. The molecule has 2 aliphatic rings. The number of nitrogens with one attached hydrogen (secondary N) is 1. The highest BCUT2D eigenvalue weighted by atomic mass is 15.2.